The zero-order valence-corrected chi connectivity index (χ0v) is 17.6. The highest BCUT2D eigenvalue weighted by molar-refractivity contribution is 7.98. The number of rotatable bonds is 6. The van der Waals surface area contributed by atoms with Crippen molar-refractivity contribution in [2.45, 2.75) is 49.4 Å². The Labute approximate surface area is 178 Å². The standard InChI is InChI=1S/C21H25N7OS/c29-19(22-12-21-7-13-4-14(8-21)6-15(5-13)9-21)17-2-1-3-18-23-16(10-28(17)18)11-30-20-24-26-27-25-20/h1-3,10,13-15H,4-9,11-12H2,(H,22,29)(H,24,25,26,27). The first-order chi connectivity index (χ1) is 14.7. The number of nitrogens with zero attached hydrogens (tertiary/aromatic N) is 5. The van der Waals surface area contributed by atoms with Crippen molar-refractivity contribution >= 4 is 23.3 Å². The molecule has 0 atom stereocenters. The van der Waals surface area contributed by atoms with Crippen LogP contribution in [-0.4, -0.2) is 42.5 Å². The number of pyridine rings is 1. The maximum Gasteiger partial charge on any atom is 0.268 e. The van der Waals surface area contributed by atoms with Crippen LogP contribution < -0.4 is 5.32 Å². The van der Waals surface area contributed by atoms with Gasteiger partial charge >= 0.3 is 0 Å². The molecule has 1 amide bonds. The normalized spacial score (nSPS) is 29.5. The molecule has 2 N–H and O–H groups in total. The average molecular weight is 424 g/mol. The van der Waals surface area contributed by atoms with Crippen molar-refractivity contribution in [1.82, 2.24) is 35.3 Å². The number of hydrogen-bond donors (Lipinski definition) is 2. The molecule has 30 heavy (non-hydrogen) atoms. The predicted molar refractivity (Wildman–Crippen MR) is 112 cm³/mol. The molecule has 0 spiro atoms. The molecular formula is C21H25N7OS. The van der Waals surface area contributed by atoms with E-state index in [1.807, 2.05) is 28.8 Å². The highest BCUT2D eigenvalue weighted by Crippen LogP contribution is 2.59. The smallest absolute Gasteiger partial charge is 0.268 e. The monoisotopic (exact) mass is 423 g/mol. The number of amides is 1. The fraction of sp³-hybridized carbons (Fsp3) is 0.571. The minimum Gasteiger partial charge on any atom is -0.350 e. The quantitative estimate of drug-likeness (QED) is 0.591. The van der Waals surface area contributed by atoms with Gasteiger partial charge in [0.15, 0.2) is 0 Å². The summed E-state index contributed by atoms with van der Waals surface area (Å²) in [7, 11) is 0. The van der Waals surface area contributed by atoms with Crippen molar-refractivity contribution in [2.24, 2.45) is 23.2 Å². The van der Waals surface area contributed by atoms with Crippen LogP contribution in [-0.2, 0) is 5.75 Å². The first kappa shape index (κ1) is 18.4. The summed E-state index contributed by atoms with van der Waals surface area (Å²) in [6.07, 6.45) is 10.1. The lowest BCUT2D eigenvalue weighted by Gasteiger charge is -2.56. The molecule has 3 aromatic rings. The van der Waals surface area contributed by atoms with E-state index in [2.05, 4.69) is 30.9 Å². The Morgan fingerprint density at radius 3 is 2.67 bits per heavy atom. The van der Waals surface area contributed by atoms with E-state index in [0.29, 0.717) is 22.0 Å². The maximum absolute atomic E-state index is 13.1. The number of tetrazole rings is 1. The highest BCUT2D eigenvalue weighted by Gasteiger charge is 2.50. The predicted octanol–water partition coefficient (Wildman–Crippen LogP) is 3.09. The maximum atomic E-state index is 13.1. The summed E-state index contributed by atoms with van der Waals surface area (Å²) in [6.45, 7) is 0.807. The van der Waals surface area contributed by atoms with Crippen molar-refractivity contribution in [3.05, 3.63) is 35.8 Å². The molecule has 4 saturated carbocycles. The van der Waals surface area contributed by atoms with Crippen LogP contribution in [0.4, 0.5) is 0 Å². The molecule has 4 bridgehead atoms. The second-order valence-corrected chi connectivity index (χ2v) is 10.4. The van der Waals surface area contributed by atoms with Crippen LogP contribution in [0.3, 0.4) is 0 Å². The number of fused-ring (bicyclic) bond motifs is 1. The molecule has 0 unspecified atom stereocenters. The number of carbonyl (C=O) groups is 1. The number of aromatic nitrogens is 6. The first-order valence-electron chi connectivity index (χ1n) is 10.8. The number of aromatic amines is 1. The van der Waals surface area contributed by atoms with Gasteiger partial charge in [-0.2, -0.15) is 5.21 Å². The van der Waals surface area contributed by atoms with Crippen LogP contribution in [0.25, 0.3) is 5.65 Å². The van der Waals surface area contributed by atoms with Gasteiger partial charge in [0, 0.05) is 18.5 Å². The zero-order valence-electron chi connectivity index (χ0n) is 16.8. The Balaban J connectivity index is 1.17. The Hall–Kier alpha value is -2.42. The molecule has 8 nitrogen and oxygen atoms in total. The van der Waals surface area contributed by atoms with Crippen molar-refractivity contribution in [3.8, 4) is 0 Å². The Kier molecular flexibility index (Phi) is 4.33. The van der Waals surface area contributed by atoms with E-state index in [1.54, 1.807) is 0 Å². The van der Waals surface area contributed by atoms with Gasteiger partial charge in [-0.25, -0.2) is 4.98 Å². The molecule has 4 fully saturated rings. The molecule has 4 aliphatic carbocycles. The molecule has 4 aliphatic rings. The van der Waals surface area contributed by atoms with Crippen LogP contribution in [0, 0.1) is 23.2 Å². The second-order valence-electron chi connectivity index (χ2n) is 9.45. The van der Waals surface area contributed by atoms with Gasteiger partial charge in [-0.05, 0) is 79.0 Å². The van der Waals surface area contributed by atoms with Crippen LogP contribution in [0.1, 0.15) is 54.7 Å². The van der Waals surface area contributed by atoms with E-state index in [1.165, 1.54) is 50.3 Å². The van der Waals surface area contributed by atoms with E-state index in [4.69, 9.17) is 0 Å². The van der Waals surface area contributed by atoms with Gasteiger partial charge in [0.25, 0.3) is 5.91 Å². The molecule has 9 heteroatoms. The van der Waals surface area contributed by atoms with Crippen molar-refractivity contribution < 1.29 is 4.79 Å². The molecule has 0 saturated heterocycles. The van der Waals surface area contributed by atoms with E-state index < -0.39 is 0 Å². The van der Waals surface area contributed by atoms with Crippen molar-refractivity contribution in [3.63, 3.8) is 0 Å². The van der Waals surface area contributed by atoms with E-state index in [-0.39, 0.29) is 5.91 Å². The molecule has 0 aliphatic heterocycles. The van der Waals surface area contributed by atoms with Crippen molar-refractivity contribution in [1.29, 1.82) is 0 Å². The van der Waals surface area contributed by atoms with Gasteiger partial charge in [0.05, 0.1) is 5.69 Å². The van der Waals surface area contributed by atoms with Crippen LogP contribution in [0.15, 0.2) is 29.6 Å². The number of thioether (sulfide) groups is 1. The van der Waals surface area contributed by atoms with Gasteiger partial charge in [-0.3, -0.25) is 9.20 Å². The van der Waals surface area contributed by atoms with Gasteiger partial charge in [-0.1, -0.05) is 17.8 Å². The molecule has 0 aromatic carbocycles. The van der Waals surface area contributed by atoms with Crippen molar-refractivity contribution in [2.75, 3.05) is 6.54 Å². The summed E-state index contributed by atoms with van der Waals surface area (Å²) in [5, 5.41) is 17.8. The van der Waals surface area contributed by atoms with Crippen LogP contribution in [0.2, 0.25) is 0 Å². The number of carbonyl (C=O) groups excluding carboxylic acids is 1. The third-order valence-corrected chi connectivity index (χ3v) is 8.11. The summed E-state index contributed by atoms with van der Waals surface area (Å²) < 4.78 is 1.89. The van der Waals surface area contributed by atoms with E-state index in [0.717, 1.165) is 35.6 Å². The summed E-state index contributed by atoms with van der Waals surface area (Å²) in [6, 6.07) is 5.70. The summed E-state index contributed by atoms with van der Waals surface area (Å²) >= 11 is 1.46. The zero-order chi connectivity index (χ0) is 20.1. The minimum absolute atomic E-state index is 0.00823. The number of hydrogen-bond acceptors (Lipinski definition) is 6. The molecule has 3 heterocycles. The third-order valence-electron chi connectivity index (χ3n) is 7.24. The number of nitrogens with one attached hydrogen (secondary N) is 2. The van der Waals surface area contributed by atoms with Gasteiger partial charge in [0.2, 0.25) is 5.16 Å². The molecule has 0 radical (unpaired) electrons. The fourth-order valence-corrected chi connectivity index (χ4v) is 7.15. The molecule has 3 aromatic heterocycles. The molecule has 156 valence electrons. The lowest BCUT2D eigenvalue weighted by Crippen LogP contribution is -2.51. The summed E-state index contributed by atoms with van der Waals surface area (Å²) in [5.74, 6) is 3.29. The Morgan fingerprint density at radius 1 is 1.20 bits per heavy atom. The molecular weight excluding hydrogens is 398 g/mol. The second kappa shape index (κ2) is 7.08. The highest BCUT2D eigenvalue weighted by atomic mass is 32.2. The number of H-pyrrole nitrogens is 1. The third kappa shape index (κ3) is 3.29. The SMILES string of the molecule is O=C(NCC12CC3CC(CC(C3)C1)C2)c1cccc2nc(CSc3nn[nH]n3)cn12. The topological polar surface area (TPSA) is 101 Å². The largest absolute Gasteiger partial charge is 0.350 e. The van der Waals surface area contributed by atoms with E-state index in [9.17, 15) is 4.79 Å². The lowest BCUT2D eigenvalue weighted by atomic mass is 9.49. The first-order valence-corrected chi connectivity index (χ1v) is 11.8. The van der Waals surface area contributed by atoms with E-state index >= 15 is 0 Å². The lowest BCUT2D eigenvalue weighted by molar-refractivity contribution is -0.0503. The van der Waals surface area contributed by atoms with Gasteiger partial charge in [-0.15, -0.1) is 10.2 Å². The Morgan fingerprint density at radius 2 is 1.97 bits per heavy atom. The molecule has 7 rings (SSSR count). The summed E-state index contributed by atoms with van der Waals surface area (Å²) in [5.41, 5.74) is 2.63. The minimum atomic E-state index is -0.00823. The fourth-order valence-electron chi connectivity index (χ4n) is 6.53. The average Bonchev–Trinajstić information content (AvgIpc) is 3.38. The van der Waals surface area contributed by atoms with Crippen LogP contribution >= 0.6 is 11.8 Å². The number of imidazole rings is 1. The van der Waals surface area contributed by atoms with Gasteiger partial charge in [0.1, 0.15) is 11.3 Å². The van der Waals surface area contributed by atoms with Crippen LogP contribution in [0.5, 0.6) is 0 Å². The van der Waals surface area contributed by atoms with Gasteiger partial charge < -0.3 is 5.32 Å². The summed E-state index contributed by atoms with van der Waals surface area (Å²) in [4.78, 5) is 17.8. The Bertz CT molecular complexity index is 1040.